The van der Waals surface area contributed by atoms with Crippen LogP contribution in [0.2, 0.25) is 18.1 Å². The summed E-state index contributed by atoms with van der Waals surface area (Å²) in [6.07, 6.45) is 0. The summed E-state index contributed by atoms with van der Waals surface area (Å²) in [6.45, 7) is 19.9. The number of hydrogen-bond acceptors (Lipinski definition) is 4. The van der Waals surface area contributed by atoms with E-state index in [2.05, 4.69) is 69.8 Å². The molecule has 0 aliphatic rings. The topological polar surface area (TPSA) is 44.3 Å². The summed E-state index contributed by atoms with van der Waals surface area (Å²) in [7, 11) is -1.86. The maximum atomic E-state index is 12.7. The molecule has 0 fully saturated rings. The highest BCUT2D eigenvalue weighted by atomic mass is 32.2. The highest BCUT2D eigenvalue weighted by Gasteiger charge is 2.38. The molecule has 0 aliphatic heterocycles. The van der Waals surface area contributed by atoms with Crippen LogP contribution in [0.5, 0.6) is 0 Å². The highest BCUT2D eigenvalue weighted by Crippen LogP contribution is 2.37. The summed E-state index contributed by atoms with van der Waals surface area (Å²) >= 11 is 0.684. The Morgan fingerprint density at radius 2 is 1.65 bits per heavy atom. The van der Waals surface area contributed by atoms with Gasteiger partial charge in [0.15, 0.2) is 8.32 Å². The minimum Gasteiger partial charge on any atom is -0.598 e. The Kier molecular flexibility index (Phi) is 8.77. The lowest BCUT2D eigenvalue weighted by atomic mass is 10.1. The number of hydrogen-bond donors (Lipinski definition) is 1. The maximum absolute atomic E-state index is 12.7. The second kappa shape index (κ2) is 9.48. The molecule has 0 bridgehead atoms. The van der Waals surface area contributed by atoms with Gasteiger partial charge in [-0.15, -0.1) is 16.5 Å². The van der Waals surface area contributed by atoms with Crippen LogP contribution in [0.4, 0.5) is 0 Å². The van der Waals surface area contributed by atoms with Crippen molar-refractivity contribution >= 4 is 31.4 Å². The molecule has 0 heterocycles. The molecule has 0 saturated heterocycles. The Hall–Kier alpha value is 0.0169. The van der Waals surface area contributed by atoms with Gasteiger partial charge in [0, 0.05) is 16.3 Å². The number of nitrogens with one attached hydrogen (secondary N) is 1. The van der Waals surface area contributed by atoms with Crippen molar-refractivity contribution in [1.29, 1.82) is 0 Å². The standard InChI is InChI=1S/C20H37NO2S2Si/c1-10-24-17-13-11-16(12-14-17)18(21-25(22)19(2,3)4)15-23-26(8,9)20(5,6)7/h11-14,18,21H,10,15H2,1-9H3/t18-,25?/m1/s1. The molecular formula is C20H37NO2S2Si. The van der Waals surface area contributed by atoms with Gasteiger partial charge in [0.25, 0.3) is 0 Å². The van der Waals surface area contributed by atoms with Crippen molar-refractivity contribution in [3.63, 3.8) is 0 Å². The molecule has 0 aliphatic carbocycles. The van der Waals surface area contributed by atoms with E-state index in [0.29, 0.717) is 6.61 Å². The molecule has 1 aromatic carbocycles. The van der Waals surface area contributed by atoms with Crippen molar-refractivity contribution in [3.05, 3.63) is 29.8 Å². The van der Waals surface area contributed by atoms with Gasteiger partial charge in [0.05, 0.1) is 12.6 Å². The van der Waals surface area contributed by atoms with Crippen LogP contribution in [0.3, 0.4) is 0 Å². The van der Waals surface area contributed by atoms with E-state index in [-0.39, 0.29) is 15.8 Å². The molecule has 26 heavy (non-hydrogen) atoms. The molecule has 0 aromatic heterocycles. The van der Waals surface area contributed by atoms with Crippen LogP contribution in [0.1, 0.15) is 60.1 Å². The average Bonchev–Trinajstić information content (AvgIpc) is 2.50. The van der Waals surface area contributed by atoms with Gasteiger partial charge in [-0.25, -0.2) is 0 Å². The van der Waals surface area contributed by atoms with E-state index in [1.54, 1.807) is 0 Å². The second-order valence-electron chi connectivity index (χ2n) is 9.12. The zero-order chi connectivity index (χ0) is 20.2. The molecule has 0 saturated carbocycles. The lowest BCUT2D eigenvalue weighted by molar-refractivity contribution is 0.256. The molecule has 1 unspecified atom stereocenters. The number of benzene rings is 1. The molecule has 1 rings (SSSR count). The fourth-order valence-corrected chi connectivity index (χ4v) is 4.47. The van der Waals surface area contributed by atoms with Crippen molar-refractivity contribution in [2.24, 2.45) is 0 Å². The summed E-state index contributed by atoms with van der Waals surface area (Å²) in [5, 5.41) is 0.155. The van der Waals surface area contributed by atoms with Crippen LogP contribution >= 0.6 is 11.8 Å². The zero-order valence-electron chi connectivity index (χ0n) is 17.9. The number of thioether (sulfide) groups is 1. The lowest BCUT2D eigenvalue weighted by Crippen LogP contribution is -2.46. The fraction of sp³-hybridized carbons (Fsp3) is 0.700. The third kappa shape index (κ3) is 7.21. The van der Waals surface area contributed by atoms with Gasteiger partial charge < -0.3 is 8.98 Å². The Morgan fingerprint density at radius 1 is 1.12 bits per heavy atom. The first-order chi connectivity index (χ1) is 11.8. The Morgan fingerprint density at radius 3 is 2.08 bits per heavy atom. The molecular weight excluding hydrogens is 378 g/mol. The summed E-state index contributed by atoms with van der Waals surface area (Å²) in [5.74, 6) is 1.06. The van der Waals surface area contributed by atoms with Gasteiger partial charge in [0.1, 0.15) is 4.75 Å². The summed E-state index contributed by atoms with van der Waals surface area (Å²) in [5.41, 5.74) is 1.13. The zero-order valence-corrected chi connectivity index (χ0v) is 20.6. The Balaban J connectivity index is 2.98. The Bertz CT molecular complexity index is 550. The predicted molar refractivity (Wildman–Crippen MR) is 120 cm³/mol. The van der Waals surface area contributed by atoms with Crippen LogP contribution in [0.15, 0.2) is 29.2 Å². The lowest BCUT2D eigenvalue weighted by Gasteiger charge is -2.37. The molecule has 3 nitrogen and oxygen atoms in total. The van der Waals surface area contributed by atoms with E-state index in [1.807, 2.05) is 32.5 Å². The molecule has 0 spiro atoms. The summed E-state index contributed by atoms with van der Waals surface area (Å²) in [6, 6.07) is 8.47. The van der Waals surface area contributed by atoms with Crippen LogP contribution in [0, 0.1) is 0 Å². The van der Waals surface area contributed by atoms with Crippen LogP contribution in [-0.4, -0.2) is 30.0 Å². The number of rotatable bonds is 8. The van der Waals surface area contributed by atoms with Crippen LogP contribution in [0.25, 0.3) is 0 Å². The molecule has 1 aromatic rings. The van der Waals surface area contributed by atoms with Crippen molar-refractivity contribution < 1.29 is 8.98 Å². The van der Waals surface area contributed by atoms with Crippen molar-refractivity contribution in [2.45, 2.75) is 82.3 Å². The van der Waals surface area contributed by atoms with Gasteiger partial charge in [-0.1, -0.05) is 39.8 Å². The highest BCUT2D eigenvalue weighted by molar-refractivity contribution is 7.99. The van der Waals surface area contributed by atoms with Crippen LogP contribution in [-0.2, 0) is 15.8 Å². The van der Waals surface area contributed by atoms with Crippen molar-refractivity contribution in [3.8, 4) is 0 Å². The first-order valence-corrected chi connectivity index (χ1v) is 14.4. The first kappa shape index (κ1) is 24.1. The predicted octanol–water partition coefficient (Wildman–Crippen LogP) is 5.91. The minimum atomic E-state index is -1.86. The SMILES string of the molecule is CCSc1ccc([C@@H](CO[Si](C)(C)C(C)(C)C)N[S+]([O-])C(C)(C)C)cc1. The van der Waals surface area contributed by atoms with Gasteiger partial charge >= 0.3 is 0 Å². The summed E-state index contributed by atoms with van der Waals surface area (Å²) in [4.78, 5) is 1.26. The molecule has 0 radical (unpaired) electrons. The van der Waals surface area contributed by atoms with E-state index in [1.165, 1.54) is 4.90 Å². The van der Waals surface area contributed by atoms with Crippen molar-refractivity contribution in [1.82, 2.24) is 4.72 Å². The monoisotopic (exact) mass is 415 g/mol. The minimum absolute atomic E-state index is 0.0788. The smallest absolute Gasteiger partial charge is 0.192 e. The third-order valence-electron chi connectivity index (χ3n) is 4.82. The molecule has 0 amide bonds. The van der Waals surface area contributed by atoms with E-state index < -0.39 is 19.7 Å². The second-order valence-corrected chi connectivity index (χ2v) is 17.3. The van der Waals surface area contributed by atoms with E-state index in [9.17, 15) is 4.55 Å². The third-order valence-corrected chi connectivity index (χ3v) is 11.8. The van der Waals surface area contributed by atoms with Gasteiger partial charge in [-0.2, -0.15) is 0 Å². The molecule has 1 N–H and O–H groups in total. The van der Waals surface area contributed by atoms with Gasteiger partial charge in [-0.05, 0) is 62.4 Å². The van der Waals surface area contributed by atoms with E-state index in [4.69, 9.17) is 4.43 Å². The van der Waals surface area contributed by atoms with Crippen molar-refractivity contribution in [2.75, 3.05) is 12.4 Å². The van der Waals surface area contributed by atoms with E-state index >= 15 is 0 Å². The van der Waals surface area contributed by atoms with Crippen LogP contribution < -0.4 is 4.72 Å². The normalized spacial score (nSPS) is 15.8. The first-order valence-electron chi connectivity index (χ1n) is 9.32. The Labute approximate surface area is 169 Å². The maximum Gasteiger partial charge on any atom is 0.192 e. The quantitative estimate of drug-likeness (QED) is 0.325. The molecule has 150 valence electrons. The van der Waals surface area contributed by atoms with E-state index in [0.717, 1.165) is 11.3 Å². The van der Waals surface area contributed by atoms with Gasteiger partial charge in [-0.3, -0.25) is 0 Å². The van der Waals surface area contributed by atoms with Gasteiger partial charge in [0.2, 0.25) is 0 Å². The average molecular weight is 416 g/mol. The largest absolute Gasteiger partial charge is 0.598 e. The fourth-order valence-electron chi connectivity index (χ4n) is 1.98. The summed E-state index contributed by atoms with van der Waals surface area (Å²) < 4.78 is 22.1. The molecule has 6 heteroatoms. The molecule has 2 atom stereocenters.